The normalized spacial score (nSPS) is 10.4. The SMILES string of the molecule is CC(C)CC(=O)Nc1ccccc1C(=O)NCc1ccccc1. The van der Waals surface area contributed by atoms with Crippen LogP contribution in [0.1, 0.15) is 36.2 Å². The van der Waals surface area contributed by atoms with Gasteiger partial charge >= 0.3 is 0 Å². The van der Waals surface area contributed by atoms with Crippen molar-refractivity contribution in [3.63, 3.8) is 0 Å². The maximum Gasteiger partial charge on any atom is 0.253 e. The van der Waals surface area contributed by atoms with Gasteiger partial charge in [-0.1, -0.05) is 56.3 Å². The standard InChI is InChI=1S/C19H22N2O2/c1-14(2)12-18(22)21-17-11-7-6-10-16(17)19(23)20-13-15-8-4-3-5-9-15/h3-11,14H,12-13H2,1-2H3,(H,20,23)(H,21,22). The van der Waals surface area contributed by atoms with Crippen molar-refractivity contribution in [2.24, 2.45) is 5.92 Å². The Hall–Kier alpha value is -2.62. The second-order valence-corrected chi connectivity index (χ2v) is 5.86. The molecule has 23 heavy (non-hydrogen) atoms. The molecule has 2 aromatic carbocycles. The molecule has 0 heterocycles. The third-order valence-electron chi connectivity index (χ3n) is 3.34. The van der Waals surface area contributed by atoms with Gasteiger partial charge < -0.3 is 10.6 Å². The highest BCUT2D eigenvalue weighted by Gasteiger charge is 2.13. The Labute approximate surface area is 136 Å². The summed E-state index contributed by atoms with van der Waals surface area (Å²) in [6.45, 7) is 4.42. The number of benzene rings is 2. The van der Waals surface area contributed by atoms with Crippen molar-refractivity contribution in [2.75, 3.05) is 5.32 Å². The molecule has 0 saturated heterocycles. The topological polar surface area (TPSA) is 58.2 Å². The fourth-order valence-corrected chi connectivity index (χ4v) is 2.24. The minimum Gasteiger partial charge on any atom is -0.348 e. The van der Waals surface area contributed by atoms with Gasteiger partial charge in [0.2, 0.25) is 5.91 Å². The Morgan fingerprint density at radius 3 is 2.30 bits per heavy atom. The second kappa shape index (κ2) is 8.13. The van der Waals surface area contributed by atoms with Crippen LogP contribution in [-0.4, -0.2) is 11.8 Å². The van der Waals surface area contributed by atoms with E-state index >= 15 is 0 Å². The van der Waals surface area contributed by atoms with E-state index in [0.717, 1.165) is 5.56 Å². The molecule has 2 aromatic rings. The van der Waals surface area contributed by atoms with Crippen LogP contribution in [0.15, 0.2) is 54.6 Å². The summed E-state index contributed by atoms with van der Waals surface area (Å²) in [7, 11) is 0. The summed E-state index contributed by atoms with van der Waals surface area (Å²) in [6.07, 6.45) is 0.431. The molecule has 0 unspecified atom stereocenters. The van der Waals surface area contributed by atoms with Crippen LogP contribution < -0.4 is 10.6 Å². The van der Waals surface area contributed by atoms with Crippen molar-refractivity contribution in [1.82, 2.24) is 5.32 Å². The van der Waals surface area contributed by atoms with E-state index in [0.29, 0.717) is 24.2 Å². The summed E-state index contributed by atoms with van der Waals surface area (Å²) in [5, 5.41) is 5.70. The summed E-state index contributed by atoms with van der Waals surface area (Å²) >= 11 is 0. The van der Waals surface area contributed by atoms with Gasteiger partial charge in [-0.3, -0.25) is 9.59 Å². The van der Waals surface area contributed by atoms with E-state index in [1.165, 1.54) is 0 Å². The maximum absolute atomic E-state index is 12.4. The molecule has 0 atom stereocenters. The molecule has 0 aliphatic carbocycles. The summed E-state index contributed by atoms with van der Waals surface area (Å²) in [5.74, 6) is -0.00770. The number of nitrogens with one attached hydrogen (secondary N) is 2. The molecule has 4 nitrogen and oxygen atoms in total. The highest BCUT2D eigenvalue weighted by atomic mass is 16.2. The molecule has 2 N–H and O–H groups in total. The van der Waals surface area contributed by atoms with E-state index in [2.05, 4.69) is 10.6 Å². The van der Waals surface area contributed by atoms with E-state index in [1.807, 2.05) is 44.2 Å². The van der Waals surface area contributed by atoms with Crippen molar-refractivity contribution >= 4 is 17.5 Å². The van der Waals surface area contributed by atoms with Crippen LogP contribution >= 0.6 is 0 Å². The monoisotopic (exact) mass is 310 g/mol. The molecule has 4 heteroatoms. The van der Waals surface area contributed by atoms with Gasteiger partial charge in [-0.05, 0) is 23.6 Å². The van der Waals surface area contributed by atoms with Gasteiger partial charge in [0.05, 0.1) is 11.3 Å². The van der Waals surface area contributed by atoms with E-state index < -0.39 is 0 Å². The number of rotatable bonds is 6. The zero-order valence-electron chi connectivity index (χ0n) is 13.5. The Kier molecular flexibility index (Phi) is 5.92. The Morgan fingerprint density at radius 1 is 0.957 bits per heavy atom. The van der Waals surface area contributed by atoms with Crippen LogP contribution in [0.3, 0.4) is 0 Å². The smallest absolute Gasteiger partial charge is 0.253 e. The molecule has 0 aromatic heterocycles. The van der Waals surface area contributed by atoms with Crippen molar-refractivity contribution < 1.29 is 9.59 Å². The summed E-state index contributed by atoms with van der Waals surface area (Å²) < 4.78 is 0. The lowest BCUT2D eigenvalue weighted by Crippen LogP contribution is -2.25. The minimum absolute atomic E-state index is 0.0803. The molecule has 0 aliphatic heterocycles. The number of para-hydroxylation sites is 1. The van der Waals surface area contributed by atoms with Gasteiger partial charge in [0.15, 0.2) is 0 Å². The number of carbonyl (C=O) groups excluding carboxylic acids is 2. The molecule has 0 bridgehead atoms. The zero-order valence-corrected chi connectivity index (χ0v) is 13.5. The summed E-state index contributed by atoms with van der Waals surface area (Å²) in [6, 6.07) is 16.8. The van der Waals surface area contributed by atoms with Crippen LogP contribution in [0.5, 0.6) is 0 Å². The molecule has 0 spiro atoms. The molecule has 0 saturated carbocycles. The fourth-order valence-electron chi connectivity index (χ4n) is 2.24. The van der Waals surface area contributed by atoms with Crippen LogP contribution in [0.4, 0.5) is 5.69 Å². The Bertz CT molecular complexity index is 666. The number of hydrogen-bond donors (Lipinski definition) is 2. The first-order valence-corrected chi connectivity index (χ1v) is 7.77. The molecule has 120 valence electrons. The van der Waals surface area contributed by atoms with Crippen molar-refractivity contribution in [3.8, 4) is 0 Å². The van der Waals surface area contributed by atoms with Gasteiger partial charge in [0, 0.05) is 13.0 Å². The van der Waals surface area contributed by atoms with E-state index in [1.54, 1.807) is 24.3 Å². The third-order valence-corrected chi connectivity index (χ3v) is 3.34. The van der Waals surface area contributed by atoms with Crippen molar-refractivity contribution in [3.05, 3.63) is 65.7 Å². The first kappa shape index (κ1) is 16.7. The van der Waals surface area contributed by atoms with Crippen molar-refractivity contribution in [2.45, 2.75) is 26.8 Å². The van der Waals surface area contributed by atoms with E-state index in [-0.39, 0.29) is 17.7 Å². The number of anilines is 1. The van der Waals surface area contributed by atoms with Crippen molar-refractivity contribution in [1.29, 1.82) is 0 Å². The predicted octanol–water partition coefficient (Wildman–Crippen LogP) is 3.60. The predicted molar refractivity (Wildman–Crippen MR) is 92.1 cm³/mol. The number of amides is 2. The lowest BCUT2D eigenvalue weighted by Gasteiger charge is -2.12. The van der Waals surface area contributed by atoms with Gasteiger partial charge in [0.25, 0.3) is 5.91 Å². The Morgan fingerprint density at radius 2 is 1.61 bits per heavy atom. The largest absolute Gasteiger partial charge is 0.348 e. The highest BCUT2D eigenvalue weighted by Crippen LogP contribution is 2.16. The summed E-state index contributed by atoms with van der Waals surface area (Å²) in [5.41, 5.74) is 2.05. The first-order chi connectivity index (χ1) is 11.1. The average molecular weight is 310 g/mol. The lowest BCUT2D eigenvalue weighted by atomic mass is 10.1. The van der Waals surface area contributed by atoms with Gasteiger partial charge in [-0.25, -0.2) is 0 Å². The summed E-state index contributed by atoms with van der Waals surface area (Å²) in [4.78, 5) is 24.3. The van der Waals surface area contributed by atoms with Crippen LogP contribution in [0, 0.1) is 5.92 Å². The van der Waals surface area contributed by atoms with E-state index in [9.17, 15) is 9.59 Å². The van der Waals surface area contributed by atoms with Crippen LogP contribution in [-0.2, 0) is 11.3 Å². The fraction of sp³-hybridized carbons (Fsp3) is 0.263. The highest BCUT2D eigenvalue weighted by molar-refractivity contribution is 6.03. The van der Waals surface area contributed by atoms with Gasteiger partial charge in [0.1, 0.15) is 0 Å². The molecule has 0 aliphatic rings. The van der Waals surface area contributed by atoms with Gasteiger partial charge in [-0.15, -0.1) is 0 Å². The maximum atomic E-state index is 12.4. The average Bonchev–Trinajstić information content (AvgIpc) is 2.53. The lowest BCUT2D eigenvalue weighted by molar-refractivity contribution is -0.116. The molecular formula is C19H22N2O2. The molecule has 2 rings (SSSR count). The van der Waals surface area contributed by atoms with Crippen LogP contribution in [0.2, 0.25) is 0 Å². The molecular weight excluding hydrogens is 288 g/mol. The Balaban J connectivity index is 2.04. The van der Waals surface area contributed by atoms with E-state index in [4.69, 9.17) is 0 Å². The number of hydrogen-bond acceptors (Lipinski definition) is 2. The van der Waals surface area contributed by atoms with Gasteiger partial charge in [-0.2, -0.15) is 0 Å². The minimum atomic E-state index is -0.200. The van der Waals surface area contributed by atoms with Crippen LogP contribution in [0.25, 0.3) is 0 Å². The molecule has 2 amide bonds. The quantitative estimate of drug-likeness (QED) is 0.856. The second-order valence-electron chi connectivity index (χ2n) is 5.86. The first-order valence-electron chi connectivity index (χ1n) is 7.77. The molecule has 0 radical (unpaired) electrons. The third kappa shape index (κ3) is 5.25. The number of carbonyl (C=O) groups is 2. The zero-order chi connectivity index (χ0) is 16.7. The molecule has 0 fully saturated rings.